The molecule has 1 amide bonds. The van der Waals surface area contributed by atoms with E-state index in [0.717, 1.165) is 42.5 Å². The molecule has 5 rings (SSSR count). The number of amides is 1. The average Bonchev–Trinajstić information content (AvgIpc) is 3.25. The first-order valence-electron chi connectivity index (χ1n) is 9.06. The van der Waals surface area contributed by atoms with Crippen LogP contribution in [-0.2, 0) is 25.9 Å². The fourth-order valence-electron chi connectivity index (χ4n) is 4.09. The molecule has 0 atom stereocenters. The number of benzene rings is 1. The fourth-order valence-corrected chi connectivity index (χ4v) is 5.18. The van der Waals surface area contributed by atoms with E-state index >= 15 is 0 Å². The summed E-state index contributed by atoms with van der Waals surface area (Å²) in [5.74, 6) is 0.0614. The lowest BCUT2D eigenvalue weighted by atomic mass is 9.90. The molecular formula is C20H22N2OS. The number of nitrogens with zero attached hydrogens (tertiary/aromatic N) is 1. The predicted molar refractivity (Wildman–Crippen MR) is 97.6 cm³/mol. The summed E-state index contributed by atoms with van der Waals surface area (Å²) in [6.45, 7) is 2.07. The highest BCUT2D eigenvalue weighted by Crippen LogP contribution is 2.38. The molecule has 0 radical (unpaired) electrons. The van der Waals surface area contributed by atoms with Crippen LogP contribution in [0.25, 0.3) is 0 Å². The maximum Gasteiger partial charge on any atom is 0.265 e. The van der Waals surface area contributed by atoms with Crippen LogP contribution in [0.2, 0.25) is 0 Å². The second kappa shape index (κ2) is 5.71. The van der Waals surface area contributed by atoms with E-state index in [1.807, 2.05) is 0 Å². The molecule has 1 aliphatic heterocycles. The summed E-state index contributed by atoms with van der Waals surface area (Å²) >= 11 is 1.68. The largest absolute Gasteiger partial charge is 0.321 e. The molecule has 1 N–H and O–H groups in total. The topological polar surface area (TPSA) is 32.3 Å². The van der Waals surface area contributed by atoms with E-state index in [9.17, 15) is 4.79 Å². The third-order valence-electron chi connectivity index (χ3n) is 5.55. The zero-order valence-corrected chi connectivity index (χ0v) is 14.6. The summed E-state index contributed by atoms with van der Waals surface area (Å²) in [6.07, 6.45) is 7.42. The van der Waals surface area contributed by atoms with Gasteiger partial charge in [0.1, 0.15) is 0 Å². The minimum absolute atomic E-state index is 0.0614. The Morgan fingerprint density at radius 1 is 1.12 bits per heavy atom. The molecule has 24 heavy (non-hydrogen) atoms. The average molecular weight is 338 g/mol. The molecule has 2 aromatic rings. The maximum absolute atomic E-state index is 12.7. The summed E-state index contributed by atoms with van der Waals surface area (Å²) in [6, 6.07) is 9.25. The predicted octanol–water partition coefficient (Wildman–Crippen LogP) is 4.36. The Hall–Kier alpha value is -1.65. The van der Waals surface area contributed by atoms with Crippen molar-refractivity contribution in [3.05, 3.63) is 50.7 Å². The number of carbonyl (C=O) groups is 1. The number of hydrogen-bond donors (Lipinski definition) is 1. The van der Waals surface area contributed by atoms with Crippen LogP contribution in [0.1, 0.15) is 56.9 Å². The van der Waals surface area contributed by atoms with Gasteiger partial charge in [0.15, 0.2) is 0 Å². The zero-order valence-electron chi connectivity index (χ0n) is 13.8. The van der Waals surface area contributed by atoms with Gasteiger partial charge in [-0.2, -0.15) is 0 Å². The normalized spacial score (nSPS) is 19.8. The van der Waals surface area contributed by atoms with Crippen LogP contribution in [0, 0.1) is 0 Å². The van der Waals surface area contributed by atoms with Crippen LogP contribution < -0.4 is 5.32 Å². The number of nitrogens with one attached hydrogen (secondary N) is 1. The minimum Gasteiger partial charge on any atom is -0.321 e. The first-order chi connectivity index (χ1) is 11.8. The second-order valence-electron chi connectivity index (χ2n) is 7.30. The van der Waals surface area contributed by atoms with E-state index in [2.05, 4.69) is 34.5 Å². The van der Waals surface area contributed by atoms with E-state index < -0.39 is 0 Å². The highest BCUT2D eigenvalue weighted by Gasteiger charge is 2.34. The van der Waals surface area contributed by atoms with Gasteiger partial charge in [0.05, 0.1) is 4.88 Å². The summed E-state index contributed by atoms with van der Waals surface area (Å²) in [7, 11) is 0. The molecule has 1 aromatic heterocycles. The van der Waals surface area contributed by atoms with Crippen molar-refractivity contribution in [2.75, 3.05) is 5.32 Å². The van der Waals surface area contributed by atoms with E-state index in [1.54, 1.807) is 11.3 Å². The molecule has 4 heteroatoms. The lowest BCUT2D eigenvalue weighted by Crippen LogP contribution is -2.19. The van der Waals surface area contributed by atoms with Crippen LogP contribution in [0.3, 0.4) is 0 Å². The fraction of sp³-hybridized carbons (Fsp3) is 0.450. The van der Waals surface area contributed by atoms with Crippen LogP contribution in [0.15, 0.2) is 24.3 Å². The Balaban J connectivity index is 1.34. The smallest absolute Gasteiger partial charge is 0.265 e. The third kappa shape index (κ3) is 2.58. The molecule has 3 nitrogen and oxygen atoms in total. The summed E-state index contributed by atoms with van der Waals surface area (Å²) in [5, 5.41) is 3.18. The number of carbonyl (C=O) groups excluding carboxylic acids is 1. The van der Waals surface area contributed by atoms with E-state index in [4.69, 9.17) is 0 Å². The van der Waals surface area contributed by atoms with Crippen molar-refractivity contribution in [2.45, 2.75) is 57.7 Å². The first-order valence-corrected chi connectivity index (χ1v) is 9.87. The monoisotopic (exact) mass is 338 g/mol. The van der Waals surface area contributed by atoms with E-state index in [-0.39, 0.29) is 5.91 Å². The molecular weight excluding hydrogens is 316 g/mol. The van der Waals surface area contributed by atoms with Gasteiger partial charge >= 0.3 is 0 Å². The number of thiophene rings is 1. The molecule has 1 fully saturated rings. The van der Waals surface area contributed by atoms with Gasteiger partial charge in [-0.25, -0.2) is 0 Å². The minimum atomic E-state index is 0.0614. The van der Waals surface area contributed by atoms with E-state index in [1.165, 1.54) is 47.3 Å². The Kier molecular flexibility index (Phi) is 3.49. The Morgan fingerprint density at radius 3 is 2.83 bits per heavy atom. The first kappa shape index (κ1) is 14.7. The Bertz CT molecular complexity index is 782. The third-order valence-corrected chi connectivity index (χ3v) is 6.71. The quantitative estimate of drug-likeness (QED) is 0.902. The molecule has 0 saturated heterocycles. The van der Waals surface area contributed by atoms with Crippen molar-refractivity contribution in [1.82, 2.24) is 4.90 Å². The van der Waals surface area contributed by atoms with Gasteiger partial charge in [-0.1, -0.05) is 12.1 Å². The summed E-state index contributed by atoms with van der Waals surface area (Å²) in [5.41, 5.74) is 5.14. The molecule has 1 saturated carbocycles. The van der Waals surface area contributed by atoms with Crippen molar-refractivity contribution in [1.29, 1.82) is 0 Å². The maximum atomic E-state index is 12.7. The van der Waals surface area contributed by atoms with Gasteiger partial charge in [0.25, 0.3) is 5.91 Å². The van der Waals surface area contributed by atoms with Gasteiger partial charge in [0.2, 0.25) is 0 Å². The SMILES string of the molecule is O=C(Nc1cccc2c1CCCC2)c1cc2c(s1)CN(C1CC1)C2. The highest BCUT2D eigenvalue weighted by molar-refractivity contribution is 7.14. The van der Waals surface area contributed by atoms with Crippen molar-refractivity contribution in [3.63, 3.8) is 0 Å². The van der Waals surface area contributed by atoms with Crippen molar-refractivity contribution >= 4 is 22.9 Å². The lowest BCUT2D eigenvalue weighted by Gasteiger charge is -2.19. The second-order valence-corrected chi connectivity index (χ2v) is 8.44. The number of fused-ring (bicyclic) bond motifs is 2. The van der Waals surface area contributed by atoms with Crippen LogP contribution in [0.5, 0.6) is 0 Å². The lowest BCUT2D eigenvalue weighted by molar-refractivity contribution is 0.103. The molecule has 124 valence electrons. The molecule has 0 bridgehead atoms. The van der Waals surface area contributed by atoms with Gasteiger partial charge in [-0.3, -0.25) is 9.69 Å². The Labute approximate surface area is 146 Å². The number of aryl methyl sites for hydroxylation is 1. The molecule has 0 spiro atoms. The van der Waals surface area contributed by atoms with Crippen LogP contribution >= 0.6 is 11.3 Å². The standard InChI is InChI=1S/C20H22N2OS/c23-20(21-17-7-3-5-13-4-1-2-6-16(13)17)18-10-14-11-22(15-8-9-15)12-19(14)24-18/h3,5,7,10,15H,1-2,4,6,8-9,11-12H2,(H,21,23). The zero-order chi connectivity index (χ0) is 16.1. The molecule has 0 unspecified atom stereocenters. The van der Waals surface area contributed by atoms with Crippen LogP contribution in [-0.4, -0.2) is 16.8 Å². The number of rotatable bonds is 3. The van der Waals surface area contributed by atoms with Gasteiger partial charge < -0.3 is 5.32 Å². The van der Waals surface area contributed by atoms with E-state index in [0.29, 0.717) is 0 Å². The van der Waals surface area contributed by atoms with Crippen molar-refractivity contribution in [3.8, 4) is 0 Å². The van der Waals surface area contributed by atoms with Crippen LogP contribution in [0.4, 0.5) is 5.69 Å². The molecule has 1 aromatic carbocycles. The molecule has 3 aliphatic rings. The number of anilines is 1. The van der Waals surface area contributed by atoms with Gasteiger partial charge in [0, 0.05) is 29.7 Å². The Morgan fingerprint density at radius 2 is 2.00 bits per heavy atom. The highest BCUT2D eigenvalue weighted by atomic mass is 32.1. The van der Waals surface area contributed by atoms with Gasteiger partial charge in [-0.05, 0) is 67.3 Å². The molecule has 2 heterocycles. The number of hydrogen-bond acceptors (Lipinski definition) is 3. The summed E-state index contributed by atoms with van der Waals surface area (Å²) < 4.78 is 0. The van der Waals surface area contributed by atoms with Gasteiger partial charge in [-0.15, -0.1) is 11.3 Å². The molecule has 2 aliphatic carbocycles. The van der Waals surface area contributed by atoms with Crippen molar-refractivity contribution < 1.29 is 4.79 Å². The summed E-state index contributed by atoms with van der Waals surface area (Å²) in [4.78, 5) is 17.5. The van der Waals surface area contributed by atoms with Crippen molar-refractivity contribution in [2.24, 2.45) is 0 Å².